The fourth-order valence-corrected chi connectivity index (χ4v) is 3.20. The van der Waals surface area contributed by atoms with Crippen LogP contribution in [-0.2, 0) is 6.42 Å². The zero-order chi connectivity index (χ0) is 19.3. The molecule has 3 aromatic carbocycles. The van der Waals surface area contributed by atoms with Crippen LogP contribution in [-0.4, -0.2) is 20.6 Å². The van der Waals surface area contributed by atoms with Gasteiger partial charge in [-0.1, -0.05) is 66.7 Å². The second kappa shape index (κ2) is 7.96. The van der Waals surface area contributed by atoms with Gasteiger partial charge in [0.05, 0.1) is 0 Å². The summed E-state index contributed by atoms with van der Waals surface area (Å²) >= 11 is 0. The number of aromatic nitrogens is 4. The van der Waals surface area contributed by atoms with Crippen LogP contribution in [0.15, 0.2) is 72.8 Å². The Balaban J connectivity index is 1.68. The summed E-state index contributed by atoms with van der Waals surface area (Å²) in [4.78, 5) is 0. The van der Waals surface area contributed by atoms with Crippen LogP contribution in [0.3, 0.4) is 0 Å². The first-order valence-electron chi connectivity index (χ1n) is 9.06. The molecule has 4 rings (SSSR count). The largest absolute Gasteiger partial charge is 0.207 e. The molecule has 0 unspecified atom stereocenters. The first kappa shape index (κ1) is 17.8. The fourth-order valence-electron chi connectivity index (χ4n) is 3.20. The van der Waals surface area contributed by atoms with Crippen molar-refractivity contribution in [3.05, 3.63) is 95.3 Å². The molecule has 1 aromatic heterocycles. The molecule has 0 aliphatic rings. The predicted octanol–water partition coefficient (Wildman–Crippen LogP) is 5.24. The molecule has 0 atom stereocenters. The van der Waals surface area contributed by atoms with Gasteiger partial charge >= 0.3 is 0 Å². The normalized spacial score (nSPS) is 11.2. The van der Waals surface area contributed by atoms with Crippen LogP contribution in [0.4, 0.5) is 4.39 Å². The molecule has 0 aliphatic carbocycles. The van der Waals surface area contributed by atoms with Crippen molar-refractivity contribution in [2.45, 2.75) is 13.3 Å². The van der Waals surface area contributed by atoms with Gasteiger partial charge in [-0.3, -0.25) is 0 Å². The Morgan fingerprint density at radius 3 is 2.61 bits per heavy atom. The van der Waals surface area contributed by atoms with E-state index < -0.39 is 0 Å². The molecule has 0 spiro atoms. The van der Waals surface area contributed by atoms with E-state index in [0.29, 0.717) is 17.8 Å². The van der Waals surface area contributed by atoms with Crippen molar-refractivity contribution >= 4 is 6.08 Å². The molecule has 0 radical (unpaired) electrons. The van der Waals surface area contributed by atoms with Gasteiger partial charge in [0.15, 0.2) is 0 Å². The van der Waals surface area contributed by atoms with Gasteiger partial charge in [0.25, 0.3) is 0 Å². The molecule has 0 saturated heterocycles. The highest BCUT2D eigenvalue weighted by Crippen LogP contribution is 2.31. The number of aromatic amines is 1. The Labute approximate surface area is 162 Å². The number of benzene rings is 3. The van der Waals surface area contributed by atoms with Gasteiger partial charge in [0.1, 0.15) is 5.82 Å². The Morgan fingerprint density at radius 2 is 1.79 bits per heavy atom. The molecule has 0 bridgehead atoms. The van der Waals surface area contributed by atoms with Crippen LogP contribution in [0.5, 0.6) is 0 Å². The maximum absolute atomic E-state index is 13.8. The first-order valence-corrected chi connectivity index (χ1v) is 9.06. The molecular formula is C23H19FN4. The lowest BCUT2D eigenvalue weighted by Crippen LogP contribution is -1.90. The minimum Gasteiger partial charge on any atom is -0.207 e. The van der Waals surface area contributed by atoms with Crippen LogP contribution in [0.25, 0.3) is 28.6 Å². The van der Waals surface area contributed by atoms with Gasteiger partial charge in [-0.2, -0.15) is 5.21 Å². The summed E-state index contributed by atoms with van der Waals surface area (Å²) in [5.41, 5.74) is 6.03. The van der Waals surface area contributed by atoms with E-state index in [-0.39, 0.29) is 5.82 Å². The quantitative estimate of drug-likeness (QED) is 0.523. The lowest BCUT2D eigenvalue weighted by molar-refractivity contribution is 0.615. The zero-order valence-electron chi connectivity index (χ0n) is 15.4. The number of aryl methyl sites for hydroxylation is 1. The smallest absolute Gasteiger partial charge is 0.204 e. The third-order valence-electron chi connectivity index (χ3n) is 4.69. The summed E-state index contributed by atoms with van der Waals surface area (Å²) in [5, 5.41) is 14.3. The highest BCUT2D eigenvalue weighted by atomic mass is 19.1. The van der Waals surface area contributed by atoms with E-state index in [1.807, 2.05) is 42.5 Å². The van der Waals surface area contributed by atoms with Crippen molar-refractivity contribution in [2.75, 3.05) is 0 Å². The topological polar surface area (TPSA) is 54.5 Å². The van der Waals surface area contributed by atoms with Crippen molar-refractivity contribution < 1.29 is 4.39 Å². The molecule has 4 aromatic rings. The van der Waals surface area contributed by atoms with Gasteiger partial charge in [-0.05, 0) is 58.5 Å². The number of nitrogens with one attached hydrogen (secondary N) is 1. The number of nitrogens with zero attached hydrogens (tertiary/aromatic N) is 3. The van der Waals surface area contributed by atoms with Crippen molar-refractivity contribution in [1.82, 2.24) is 20.6 Å². The van der Waals surface area contributed by atoms with Crippen LogP contribution >= 0.6 is 0 Å². The summed E-state index contributed by atoms with van der Waals surface area (Å²) in [5.74, 6) is 0.387. The summed E-state index contributed by atoms with van der Waals surface area (Å²) in [6.45, 7) is 2.08. The first-order chi connectivity index (χ1) is 13.7. The van der Waals surface area contributed by atoms with E-state index in [1.54, 1.807) is 6.07 Å². The Kier molecular flexibility index (Phi) is 5.06. The number of rotatable bonds is 5. The monoisotopic (exact) mass is 370 g/mol. The Morgan fingerprint density at radius 1 is 0.964 bits per heavy atom. The average Bonchev–Trinajstić information content (AvgIpc) is 3.25. The molecule has 0 amide bonds. The van der Waals surface area contributed by atoms with E-state index in [2.05, 4.69) is 51.8 Å². The number of H-pyrrole nitrogens is 1. The SMILES string of the molecule is Cc1ccc(-c2nn[nH]n2)cc1-c1ccccc1/C=C\Cc1ccccc1F. The number of halogens is 1. The maximum atomic E-state index is 13.8. The maximum Gasteiger partial charge on any atom is 0.204 e. The number of hydrogen-bond donors (Lipinski definition) is 1. The summed E-state index contributed by atoms with van der Waals surface area (Å²) in [6, 6.07) is 21.1. The van der Waals surface area contributed by atoms with Crippen LogP contribution < -0.4 is 0 Å². The summed E-state index contributed by atoms with van der Waals surface area (Å²) < 4.78 is 13.8. The van der Waals surface area contributed by atoms with Crippen molar-refractivity contribution in [2.24, 2.45) is 0 Å². The zero-order valence-corrected chi connectivity index (χ0v) is 15.4. The molecule has 1 N–H and O–H groups in total. The van der Waals surface area contributed by atoms with Crippen molar-refractivity contribution in [1.29, 1.82) is 0 Å². The number of allylic oxidation sites excluding steroid dienone is 1. The standard InChI is InChI=1S/C23H19FN4/c1-16-13-14-19(23-25-27-28-26-23)15-21(16)20-11-4-2-7-17(20)9-6-10-18-8-3-5-12-22(18)24/h2-9,11-15H,10H2,1H3,(H,25,26,27,28)/b9-6-. The highest BCUT2D eigenvalue weighted by molar-refractivity contribution is 5.80. The molecule has 4 nitrogen and oxygen atoms in total. The molecule has 0 aliphatic heterocycles. The van der Waals surface area contributed by atoms with Gasteiger partial charge in [-0.25, -0.2) is 4.39 Å². The molecule has 0 fully saturated rings. The van der Waals surface area contributed by atoms with Crippen molar-refractivity contribution in [3.8, 4) is 22.5 Å². The summed E-state index contributed by atoms with van der Waals surface area (Å²) in [6.07, 6.45) is 4.58. The minimum atomic E-state index is -0.177. The van der Waals surface area contributed by atoms with E-state index in [0.717, 1.165) is 27.8 Å². The molecule has 1 heterocycles. The van der Waals surface area contributed by atoms with E-state index in [1.165, 1.54) is 6.07 Å². The lowest BCUT2D eigenvalue weighted by atomic mass is 9.93. The predicted molar refractivity (Wildman–Crippen MR) is 109 cm³/mol. The summed E-state index contributed by atoms with van der Waals surface area (Å²) in [7, 11) is 0. The molecule has 28 heavy (non-hydrogen) atoms. The van der Waals surface area contributed by atoms with Crippen LogP contribution in [0, 0.1) is 12.7 Å². The molecular weight excluding hydrogens is 351 g/mol. The minimum absolute atomic E-state index is 0.177. The van der Waals surface area contributed by atoms with E-state index in [4.69, 9.17) is 0 Å². The number of tetrazole rings is 1. The molecule has 138 valence electrons. The Bertz CT molecular complexity index is 1120. The van der Waals surface area contributed by atoms with Gasteiger partial charge in [0.2, 0.25) is 5.82 Å². The van der Waals surface area contributed by atoms with Crippen molar-refractivity contribution in [3.63, 3.8) is 0 Å². The average molecular weight is 370 g/mol. The lowest BCUT2D eigenvalue weighted by Gasteiger charge is -2.11. The van der Waals surface area contributed by atoms with Gasteiger partial charge < -0.3 is 0 Å². The molecule has 0 saturated carbocycles. The fraction of sp³-hybridized carbons (Fsp3) is 0.0870. The third-order valence-corrected chi connectivity index (χ3v) is 4.69. The number of hydrogen-bond acceptors (Lipinski definition) is 3. The third kappa shape index (κ3) is 3.74. The molecule has 5 heteroatoms. The second-order valence-corrected chi connectivity index (χ2v) is 6.55. The highest BCUT2D eigenvalue weighted by Gasteiger charge is 2.10. The van der Waals surface area contributed by atoms with Crippen LogP contribution in [0.2, 0.25) is 0 Å². The van der Waals surface area contributed by atoms with E-state index >= 15 is 0 Å². The Hall–Kier alpha value is -3.60. The van der Waals surface area contributed by atoms with Gasteiger partial charge in [0, 0.05) is 5.56 Å². The second-order valence-electron chi connectivity index (χ2n) is 6.55. The van der Waals surface area contributed by atoms with Gasteiger partial charge in [-0.15, -0.1) is 10.2 Å². The van der Waals surface area contributed by atoms with E-state index in [9.17, 15) is 4.39 Å². The van der Waals surface area contributed by atoms with Crippen LogP contribution in [0.1, 0.15) is 16.7 Å².